The van der Waals surface area contributed by atoms with Crippen LogP contribution in [0, 0.1) is 0 Å². The molecule has 2 N–H and O–H groups in total. The molecular formula is C13H15Cl2NO3. The molecule has 1 atom stereocenters. The molecule has 0 aliphatic heterocycles. The Balaban J connectivity index is 2.49. The third-order valence-electron chi connectivity index (χ3n) is 2.67. The van der Waals surface area contributed by atoms with Crippen LogP contribution >= 0.6 is 23.2 Å². The van der Waals surface area contributed by atoms with Gasteiger partial charge < -0.3 is 10.4 Å². The molecule has 6 heteroatoms. The van der Waals surface area contributed by atoms with Crippen LogP contribution in [0.4, 0.5) is 0 Å². The van der Waals surface area contributed by atoms with Gasteiger partial charge in [-0.15, -0.1) is 0 Å². The summed E-state index contributed by atoms with van der Waals surface area (Å²) in [5.74, 6) is -1.31. The van der Waals surface area contributed by atoms with Crippen molar-refractivity contribution in [2.75, 3.05) is 0 Å². The number of aliphatic carboxylic acids is 1. The zero-order valence-electron chi connectivity index (χ0n) is 10.5. The number of carboxylic acid groups (broad SMARTS) is 1. The molecule has 19 heavy (non-hydrogen) atoms. The predicted octanol–water partition coefficient (Wildman–Crippen LogP) is 2.91. The van der Waals surface area contributed by atoms with Crippen molar-refractivity contribution in [1.82, 2.24) is 5.32 Å². The fourth-order valence-corrected chi connectivity index (χ4v) is 1.88. The minimum absolute atomic E-state index is 0.210. The van der Waals surface area contributed by atoms with Gasteiger partial charge in [0.1, 0.15) is 6.04 Å². The van der Waals surface area contributed by atoms with Gasteiger partial charge in [-0.25, -0.2) is 4.79 Å². The number of halogens is 2. The Labute approximate surface area is 121 Å². The van der Waals surface area contributed by atoms with Gasteiger partial charge in [0.15, 0.2) is 0 Å². The number of hydrogen-bond donors (Lipinski definition) is 2. The molecular weight excluding hydrogens is 289 g/mol. The molecule has 1 aromatic rings. The van der Waals surface area contributed by atoms with Crippen molar-refractivity contribution in [3.63, 3.8) is 0 Å². The van der Waals surface area contributed by atoms with E-state index in [1.54, 1.807) is 25.1 Å². The van der Waals surface area contributed by atoms with E-state index in [9.17, 15) is 9.59 Å². The van der Waals surface area contributed by atoms with E-state index in [1.165, 1.54) is 0 Å². The van der Waals surface area contributed by atoms with E-state index in [4.69, 9.17) is 28.3 Å². The summed E-state index contributed by atoms with van der Waals surface area (Å²) in [4.78, 5) is 22.4. The van der Waals surface area contributed by atoms with Crippen LogP contribution < -0.4 is 5.32 Å². The average Bonchev–Trinajstić information content (AvgIpc) is 2.37. The van der Waals surface area contributed by atoms with Crippen molar-refractivity contribution < 1.29 is 14.7 Å². The number of nitrogens with one attached hydrogen (secondary N) is 1. The van der Waals surface area contributed by atoms with Crippen LogP contribution in [0.3, 0.4) is 0 Å². The highest BCUT2D eigenvalue weighted by atomic mass is 35.5. The molecule has 0 bridgehead atoms. The van der Waals surface area contributed by atoms with Crippen molar-refractivity contribution in [3.8, 4) is 0 Å². The fourth-order valence-electron chi connectivity index (χ4n) is 1.56. The van der Waals surface area contributed by atoms with E-state index < -0.39 is 12.0 Å². The van der Waals surface area contributed by atoms with Crippen LogP contribution in [0.1, 0.15) is 25.3 Å². The first-order valence-corrected chi connectivity index (χ1v) is 6.65. The molecule has 0 saturated heterocycles. The minimum atomic E-state index is -1.02. The molecule has 1 rings (SSSR count). The van der Waals surface area contributed by atoms with Crippen molar-refractivity contribution in [1.29, 1.82) is 0 Å². The van der Waals surface area contributed by atoms with Gasteiger partial charge >= 0.3 is 5.97 Å². The molecule has 104 valence electrons. The fraction of sp³-hybridized carbons (Fsp3) is 0.385. The van der Waals surface area contributed by atoms with Gasteiger partial charge in [0.25, 0.3) is 0 Å². The van der Waals surface area contributed by atoms with Crippen LogP contribution in [0.15, 0.2) is 18.2 Å². The van der Waals surface area contributed by atoms with Crippen molar-refractivity contribution in [2.24, 2.45) is 0 Å². The lowest BCUT2D eigenvalue weighted by Crippen LogP contribution is -2.40. The summed E-state index contributed by atoms with van der Waals surface area (Å²) >= 11 is 11.7. The Morgan fingerprint density at radius 1 is 1.32 bits per heavy atom. The molecule has 0 radical (unpaired) electrons. The Hall–Kier alpha value is -1.26. The lowest BCUT2D eigenvalue weighted by atomic mass is 10.1. The van der Waals surface area contributed by atoms with Crippen molar-refractivity contribution in [2.45, 2.75) is 32.2 Å². The smallest absolute Gasteiger partial charge is 0.326 e. The third kappa shape index (κ3) is 5.09. The summed E-state index contributed by atoms with van der Waals surface area (Å²) in [6.45, 7) is 1.71. The van der Waals surface area contributed by atoms with Crippen LogP contribution in [0.2, 0.25) is 10.0 Å². The third-order valence-corrected chi connectivity index (χ3v) is 3.41. The molecule has 1 unspecified atom stereocenters. The van der Waals surface area contributed by atoms with Gasteiger partial charge in [-0.3, -0.25) is 4.79 Å². The maximum absolute atomic E-state index is 11.6. The van der Waals surface area contributed by atoms with Gasteiger partial charge in [-0.1, -0.05) is 36.2 Å². The summed E-state index contributed by atoms with van der Waals surface area (Å²) in [7, 11) is 0. The number of benzene rings is 1. The van der Waals surface area contributed by atoms with E-state index in [1.807, 2.05) is 0 Å². The number of carbonyl (C=O) groups excluding carboxylic acids is 1. The number of carbonyl (C=O) groups is 2. The van der Waals surface area contributed by atoms with Gasteiger partial charge in [0.05, 0.1) is 10.0 Å². The Kier molecular flexibility index (Phi) is 6.12. The first kappa shape index (κ1) is 15.8. The summed E-state index contributed by atoms with van der Waals surface area (Å²) in [6, 6.07) is 4.33. The maximum Gasteiger partial charge on any atom is 0.326 e. The normalized spacial score (nSPS) is 11.9. The van der Waals surface area contributed by atoms with E-state index in [-0.39, 0.29) is 12.3 Å². The van der Waals surface area contributed by atoms with Crippen molar-refractivity contribution in [3.05, 3.63) is 33.8 Å². The molecule has 0 aromatic heterocycles. The second-order valence-electron chi connectivity index (χ2n) is 4.12. The van der Waals surface area contributed by atoms with E-state index >= 15 is 0 Å². The van der Waals surface area contributed by atoms with E-state index in [2.05, 4.69) is 5.32 Å². The lowest BCUT2D eigenvalue weighted by molar-refractivity contribution is -0.141. The van der Waals surface area contributed by atoms with Gasteiger partial charge in [-0.2, -0.15) is 0 Å². The quantitative estimate of drug-likeness (QED) is 0.849. The monoisotopic (exact) mass is 303 g/mol. The molecule has 1 amide bonds. The summed E-state index contributed by atoms with van der Waals surface area (Å²) in [5, 5.41) is 12.2. The number of aryl methyl sites for hydroxylation is 1. The first-order valence-electron chi connectivity index (χ1n) is 5.90. The lowest BCUT2D eigenvalue weighted by Gasteiger charge is -2.12. The number of amides is 1. The largest absolute Gasteiger partial charge is 0.480 e. The van der Waals surface area contributed by atoms with Gasteiger partial charge in [0, 0.05) is 6.42 Å². The molecule has 0 saturated carbocycles. The predicted molar refractivity (Wildman–Crippen MR) is 74.6 cm³/mol. The van der Waals surface area contributed by atoms with E-state index in [0.29, 0.717) is 22.9 Å². The molecule has 0 spiro atoms. The summed E-state index contributed by atoms with van der Waals surface area (Å²) < 4.78 is 0. The maximum atomic E-state index is 11.6. The highest BCUT2D eigenvalue weighted by molar-refractivity contribution is 6.42. The van der Waals surface area contributed by atoms with Crippen LogP contribution in [-0.2, 0) is 16.0 Å². The topological polar surface area (TPSA) is 66.4 Å². The van der Waals surface area contributed by atoms with Crippen molar-refractivity contribution >= 4 is 35.1 Å². The Morgan fingerprint density at radius 2 is 2.00 bits per heavy atom. The Bertz CT molecular complexity index is 477. The van der Waals surface area contributed by atoms with Crippen LogP contribution in [0.25, 0.3) is 0 Å². The highest BCUT2D eigenvalue weighted by Crippen LogP contribution is 2.23. The molecule has 0 aliphatic rings. The first-order chi connectivity index (χ1) is 8.93. The average molecular weight is 304 g/mol. The number of carboxylic acids is 1. The number of hydrogen-bond acceptors (Lipinski definition) is 2. The molecule has 4 nitrogen and oxygen atoms in total. The van der Waals surface area contributed by atoms with Crippen LogP contribution in [0.5, 0.6) is 0 Å². The second-order valence-corrected chi connectivity index (χ2v) is 4.93. The highest BCUT2D eigenvalue weighted by Gasteiger charge is 2.17. The standard InChI is InChI=1S/C13H15Cl2NO3/c1-2-11(13(18)19)16-12(17)6-4-8-3-5-9(14)10(15)7-8/h3,5,7,11H,2,4,6H2,1H3,(H,16,17)(H,18,19). The molecule has 0 aliphatic carbocycles. The number of rotatable bonds is 6. The SMILES string of the molecule is CCC(NC(=O)CCc1ccc(Cl)c(Cl)c1)C(=O)O. The summed E-state index contributed by atoms with van der Waals surface area (Å²) in [6.07, 6.45) is 1.05. The van der Waals surface area contributed by atoms with Gasteiger partial charge in [-0.05, 0) is 30.5 Å². The zero-order valence-corrected chi connectivity index (χ0v) is 12.0. The van der Waals surface area contributed by atoms with Crippen LogP contribution in [-0.4, -0.2) is 23.0 Å². The second kappa shape index (κ2) is 7.36. The molecule has 1 aromatic carbocycles. The molecule has 0 fully saturated rings. The zero-order chi connectivity index (χ0) is 14.4. The van der Waals surface area contributed by atoms with Gasteiger partial charge in [0.2, 0.25) is 5.91 Å². The summed E-state index contributed by atoms with van der Waals surface area (Å²) in [5.41, 5.74) is 0.882. The minimum Gasteiger partial charge on any atom is -0.480 e. The van der Waals surface area contributed by atoms with E-state index in [0.717, 1.165) is 5.56 Å². The molecule has 0 heterocycles. The Morgan fingerprint density at radius 3 is 2.53 bits per heavy atom.